The fourth-order valence-electron chi connectivity index (χ4n) is 2.65. The third-order valence-electron chi connectivity index (χ3n) is 3.92. The van der Waals surface area contributed by atoms with E-state index in [9.17, 15) is 9.59 Å². The van der Waals surface area contributed by atoms with Crippen molar-refractivity contribution in [1.29, 1.82) is 0 Å². The van der Waals surface area contributed by atoms with Crippen molar-refractivity contribution in [3.63, 3.8) is 0 Å². The molecule has 0 spiro atoms. The normalized spacial score (nSPS) is 14.3. The number of piperidine rings is 1. The van der Waals surface area contributed by atoms with Crippen molar-refractivity contribution in [2.45, 2.75) is 19.3 Å². The molecule has 0 saturated carbocycles. The zero-order valence-electron chi connectivity index (χ0n) is 13.4. The van der Waals surface area contributed by atoms with Crippen molar-refractivity contribution < 1.29 is 14.3 Å². The van der Waals surface area contributed by atoms with Gasteiger partial charge in [-0.3, -0.25) is 14.9 Å². The molecular formula is C17H19N3O3S. The number of carbonyl (C=O) groups is 2. The minimum Gasteiger partial charge on any atom is -0.486 e. The first-order valence-corrected chi connectivity index (χ1v) is 8.69. The van der Waals surface area contributed by atoms with Crippen molar-refractivity contribution in [3.05, 3.63) is 41.6 Å². The molecule has 0 atom stereocenters. The molecular weight excluding hydrogens is 326 g/mol. The van der Waals surface area contributed by atoms with Crippen LogP contribution in [-0.4, -0.2) is 41.9 Å². The Morgan fingerprint density at radius 1 is 1.21 bits per heavy atom. The van der Waals surface area contributed by atoms with Crippen LogP contribution in [0.3, 0.4) is 0 Å². The van der Waals surface area contributed by atoms with E-state index in [1.54, 1.807) is 37.6 Å². The van der Waals surface area contributed by atoms with Crippen LogP contribution in [0.2, 0.25) is 0 Å². The van der Waals surface area contributed by atoms with Gasteiger partial charge in [0, 0.05) is 24.2 Å². The fraction of sp³-hybridized carbons (Fsp3) is 0.353. The maximum atomic E-state index is 12.5. The molecule has 1 N–H and O–H groups in total. The maximum absolute atomic E-state index is 12.5. The molecule has 1 saturated heterocycles. The van der Waals surface area contributed by atoms with E-state index in [0.29, 0.717) is 21.3 Å². The van der Waals surface area contributed by atoms with Gasteiger partial charge in [-0.15, -0.1) is 0 Å². The Balaban J connectivity index is 1.71. The first kappa shape index (κ1) is 16.4. The number of nitrogens with one attached hydrogen (secondary N) is 1. The molecule has 2 aromatic rings. The zero-order valence-corrected chi connectivity index (χ0v) is 14.3. The molecule has 0 radical (unpaired) electrons. The van der Waals surface area contributed by atoms with Crippen LogP contribution in [0, 0.1) is 0 Å². The highest BCUT2D eigenvalue weighted by Gasteiger charge is 2.19. The van der Waals surface area contributed by atoms with E-state index < -0.39 is 0 Å². The number of ether oxygens (including phenoxy) is 1. The second kappa shape index (κ2) is 7.44. The highest BCUT2D eigenvalue weighted by atomic mass is 32.1. The lowest BCUT2D eigenvalue weighted by Crippen LogP contribution is -2.35. The van der Waals surface area contributed by atoms with Crippen LogP contribution >= 0.6 is 11.3 Å². The summed E-state index contributed by atoms with van der Waals surface area (Å²) in [6.07, 6.45) is 4.80. The number of hydrogen-bond acceptors (Lipinski definition) is 5. The lowest BCUT2D eigenvalue weighted by molar-refractivity contribution is 0.0724. The van der Waals surface area contributed by atoms with Gasteiger partial charge in [-0.2, -0.15) is 0 Å². The second-order valence-electron chi connectivity index (χ2n) is 5.58. The minimum atomic E-state index is -0.291. The molecule has 0 bridgehead atoms. The molecule has 126 valence electrons. The largest absolute Gasteiger partial charge is 0.486 e. The summed E-state index contributed by atoms with van der Waals surface area (Å²) in [7, 11) is 1.55. The van der Waals surface area contributed by atoms with Crippen molar-refractivity contribution in [1.82, 2.24) is 9.88 Å². The number of methoxy groups -OCH3 is 1. The molecule has 2 heterocycles. The highest BCUT2D eigenvalue weighted by molar-refractivity contribution is 7.17. The first-order chi connectivity index (χ1) is 11.7. The summed E-state index contributed by atoms with van der Waals surface area (Å²) < 4.78 is 5.05. The van der Waals surface area contributed by atoms with Gasteiger partial charge in [0.2, 0.25) is 0 Å². The standard InChI is InChI=1S/C17H19N3O3S/c1-23-14-11-18-17(24-14)19-15(21)12-6-5-7-13(10-12)16(22)20-8-3-2-4-9-20/h5-7,10-11H,2-4,8-9H2,1H3,(H,18,19,21). The monoisotopic (exact) mass is 345 g/mol. The summed E-state index contributed by atoms with van der Waals surface area (Å²) in [5, 5.41) is 3.81. The number of amides is 2. The van der Waals surface area contributed by atoms with E-state index in [-0.39, 0.29) is 11.8 Å². The Bertz CT molecular complexity index is 738. The molecule has 1 aliphatic heterocycles. The van der Waals surface area contributed by atoms with Crippen molar-refractivity contribution in [3.8, 4) is 5.06 Å². The quantitative estimate of drug-likeness (QED) is 0.924. The lowest BCUT2D eigenvalue weighted by atomic mass is 10.1. The number of anilines is 1. The third-order valence-corrected chi connectivity index (χ3v) is 4.80. The average Bonchev–Trinajstić information content (AvgIpc) is 3.09. The Hall–Kier alpha value is -2.41. The van der Waals surface area contributed by atoms with Gasteiger partial charge in [0.15, 0.2) is 10.2 Å². The lowest BCUT2D eigenvalue weighted by Gasteiger charge is -2.26. The zero-order chi connectivity index (χ0) is 16.9. The van der Waals surface area contributed by atoms with E-state index in [0.717, 1.165) is 25.9 Å². The number of aromatic nitrogens is 1. The van der Waals surface area contributed by atoms with Crippen LogP contribution in [0.25, 0.3) is 0 Å². The molecule has 0 unspecified atom stereocenters. The molecule has 2 amide bonds. The summed E-state index contributed by atoms with van der Waals surface area (Å²) in [5.74, 6) is -0.305. The highest BCUT2D eigenvalue weighted by Crippen LogP contribution is 2.25. The van der Waals surface area contributed by atoms with Gasteiger partial charge in [0.1, 0.15) is 0 Å². The van der Waals surface area contributed by atoms with Gasteiger partial charge >= 0.3 is 0 Å². The number of carbonyl (C=O) groups excluding carboxylic acids is 2. The summed E-state index contributed by atoms with van der Waals surface area (Å²) in [6, 6.07) is 6.80. The van der Waals surface area contributed by atoms with E-state index in [1.807, 2.05) is 4.90 Å². The minimum absolute atomic E-state index is 0.0136. The predicted octanol–water partition coefficient (Wildman–Crippen LogP) is 3.03. The molecule has 1 fully saturated rings. The van der Waals surface area contributed by atoms with Crippen LogP contribution in [-0.2, 0) is 0 Å². The van der Waals surface area contributed by atoms with Crippen LogP contribution < -0.4 is 10.1 Å². The number of likely N-dealkylation sites (tertiary alicyclic amines) is 1. The summed E-state index contributed by atoms with van der Waals surface area (Å²) in [5.41, 5.74) is 0.980. The number of hydrogen-bond donors (Lipinski definition) is 1. The summed E-state index contributed by atoms with van der Waals surface area (Å²) in [6.45, 7) is 1.57. The van der Waals surface area contributed by atoms with Crippen LogP contribution in [0.1, 0.15) is 40.0 Å². The topological polar surface area (TPSA) is 71.5 Å². The van der Waals surface area contributed by atoms with E-state index in [1.165, 1.54) is 17.8 Å². The molecule has 0 aliphatic carbocycles. The van der Waals surface area contributed by atoms with E-state index >= 15 is 0 Å². The average molecular weight is 345 g/mol. The fourth-order valence-corrected chi connectivity index (χ4v) is 3.28. The van der Waals surface area contributed by atoms with Gasteiger partial charge in [0.05, 0.1) is 13.3 Å². The van der Waals surface area contributed by atoms with Crippen LogP contribution in [0.15, 0.2) is 30.5 Å². The van der Waals surface area contributed by atoms with Crippen LogP contribution in [0.4, 0.5) is 5.13 Å². The van der Waals surface area contributed by atoms with Crippen molar-refractivity contribution >= 4 is 28.3 Å². The van der Waals surface area contributed by atoms with Gasteiger partial charge in [-0.05, 0) is 37.5 Å². The number of thiazole rings is 1. The summed E-state index contributed by atoms with van der Waals surface area (Å²) in [4.78, 5) is 30.8. The molecule has 3 rings (SSSR count). The first-order valence-electron chi connectivity index (χ1n) is 7.88. The van der Waals surface area contributed by atoms with Gasteiger partial charge in [0.25, 0.3) is 11.8 Å². The third kappa shape index (κ3) is 3.73. The molecule has 6 nitrogen and oxygen atoms in total. The molecule has 1 aromatic heterocycles. The Kier molecular flexibility index (Phi) is 5.10. The molecule has 24 heavy (non-hydrogen) atoms. The van der Waals surface area contributed by atoms with Gasteiger partial charge < -0.3 is 9.64 Å². The van der Waals surface area contributed by atoms with E-state index in [4.69, 9.17) is 4.74 Å². The Morgan fingerprint density at radius 2 is 1.96 bits per heavy atom. The number of nitrogens with zero attached hydrogens (tertiary/aromatic N) is 2. The molecule has 1 aliphatic rings. The molecule has 7 heteroatoms. The van der Waals surface area contributed by atoms with Crippen molar-refractivity contribution in [2.75, 3.05) is 25.5 Å². The SMILES string of the molecule is COc1cnc(NC(=O)c2cccc(C(=O)N3CCCCC3)c2)s1. The number of rotatable bonds is 4. The van der Waals surface area contributed by atoms with Crippen molar-refractivity contribution in [2.24, 2.45) is 0 Å². The smallest absolute Gasteiger partial charge is 0.257 e. The van der Waals surface area contributed by atoms with E-state index in [2.05, 4.69) is 10.3 Å². The Morgan fingerprint density at radius 3 is 2.67 bits per heavy atom. The predicted molar refractivity (Wildman–Crippen MR) is 92.8 cm³/mol. The second-order valence-corrected chi connectivity index (χ2v) is 6.57. The Labute approximate surface area is 144 Å². The van der Waals surface area contributed by atoms with Gasteiger partial charge in [-0.25, -0.2) is 4.98 Å². The maximum Gasteiger partial charge on any atom is 0.257 e. The molecule has 1 aromatic carbocycles. The summed E-state index contributed by atoms with van der Waals surface area (Å²) >= 11 is 1.25. The van der Waals surface area contributed by atoms with Gasteiger partial charge in [-0.1, -0.05) is 17.4 Å². The van der Waals surface area contributed by atoms with Crippen LogP contribution in [0.5, 0.6) is 5.06 Å². The number of benzene rings is 1.